The van der Waals surface area contributed by atoms with Gasteiger partial charge in [-0.3, -0.25) is 0 Å². The number of fused-ring (bicyclic) bond motifs is 1. The maximum absolute atomic E-state index is 12.9. The maximum Gasteiger partial charge on any atom is 0.416 e. The number of alkyl halides is 3. The molecule has 2 N–H and O–H groups in total. The first kappa shape index (κ1) is 21.1. The van der Waals surface area contributed by atoms with E-state index in [1.807, 2.05) is 18.0 Å². The normalized spacial score (nSPS) is 19.1. The van der Waals surface area contributed by atoms with E-state index in [4.69, 9.17) is 0 Å². The van der Waals surface area contributed by atoms with E-state index >= 15 is 0 Å². The molecule has 1 fully saturated rings. The van der Waals surface area contributed by atoms with Gasteiger partial charge < -0.3 is 9.88 Å². The van der Waals surface area contributed by atoms with Gasteiger partial charge in [-0.05, 0) is 37.1 Å². The number of sulfonamides is 1. The number of benzene rings is 1. The van der Waals surface area contributed by atoms with Gasteiger partial charge in [0.15, 0.2) is 0 Å². The highest BCUT2D eigenvalue weighted by Gasteiger charge is 2.37. The number of pyridine rings is 1. The van der Waals surface area contributed by atoms with Gasteiger partial charge in [0.05, 0.1) is 21.7 Å². The van der Waals surface area contributed by atoms with Crippen LogP contribution in [0.15, 0.2) is 47.6 Å². The van der Waals surface area contributed by atoms with Crippen LogP contribution in [0.2, 0.25) is 0 Å². The van der Waals surface area contributed by atoms with E-state index in [0.717, 1.165) is 23.6 Å². The molecule has 31 heavy (non-hydrogen) atoms. The summed E-state index contributed by atoms with van der Waals surface area (Å²) in [5.41, 5.74) is 0.737. The molecule has 1 aliphatic carbocycles. The van der Waals surface area contributed by atoms with Crippen LogP contribution in [-0.2, 0) is 16.2 Å². The Morgan fingerprint density at radius 1 is 1.29 bits per heavy atom. The van der Waals surface area contributed by atoms with E-state index in [-0.39, 0.29) is 6.04 Å². The molecular weight excluding hydrogens is 431 g/mol. The molecule has 3 aromatic rings. The lowest BCUT2D eigenvalue weighted by Crippen LogP contribution is -2.53. The van der Waals surface area contributed by atoms with Gasteiger partial charge in [0.2, 0.25) is 10.0 Å². The Morgan fingerprint density at radius 2 is 2.03 bits per heavy atom. The van der Waals surface area contributed by atoms with Crippen LogP contribution in [0.1, 0.15) is 24.0 Å². The van der Waals surface area contributed by atoms with Crippen molar-refractivity contribution in [3.63, 3.8) is 0 Å². The lowest BCUT2D eigenvalue weighted by Gasteiger charge is -2.42. The molecule has 0 radical (unpaired) electrons. The predicted molar refractivity (Wildman–Crippen MR) is 108 cm³/mol. The van der Waals surface area contributed by atoms with Crippen molar-refractivity contribution in [2.45, 2.75) is 36.0 Å². The summed E-state index contributed by atoms with van der Waals surface area (Å²) in [6, 6.07) is 7.16. The van der Waals surface area contributed by atoms with Crippen LogP contribution in [-0.4, -0.2) is 37.5 Å². The third kappa shape index (κ3) is 3.96. The van der Waals surface area contributed by atoms with Crippen LogP contribution in [0.5, 0.6) is 0 Å². The van der Waals surface area contributed by atoms with Crippen LogP contribution in [0, 0.1) is 11.3 Å². The topological polar surface area (TPSA) is 102 Å². The molecule has 0 unspecified atom stereocenters. The second-order valence-electron chi connectivity index (χ2n) is 7.45. The molecule has 4 rings (SSSR count). The zero-order chi connectivity index (χ0) is 22.4. The summed E-state index contributed by atoms with van der Waals surface area (Å²) < 4.78 is 66.3. The number of nitrogens with zero attached hydrogens (tertiary/aromatic N) is 3. The first-order valence-electron chi connectivity index (χ1n) is 9.39. The van der Waals surface area contributed by atoms with E-state index in [2.05, 4.69) is 20.8 Å². The molecule has 0 atom stereocenters. The number of rotatable bonds is 5. The maximum atomic E-state index is 12.9. The molecule has 0 spiro atoms. The molecular formula is C20H18F3N5O2S. The van der Waals surface area contributed by atoms with Crippen molar-refractivity contribution in [1.29, 1.82) is 5.26 Å². The monoisotopic (exact) mass is 449 g/mol. The van der Waals surface area contributed by atoms with Gasteiger partial charge in [-0.25, -0.2) is 18.1 Å². The van der Waals surface area contributed by atoms with E-state index in [0.29, 0.717) is 35.8 Å². The summed E-state index contributed by atoms with van der Waals surface area (Å²) in [7, 11) is -2.27. The summed E-state index contributed by atoms with van der Waals surface area (Å²) >= 11 is 0. The summed E-state index contributed by atoms with van der Waals surface area (Å²) in [6.45, 7) is 0. The van der Waals surface area contributed by atoms with Crippen LogP contribution < -0.4 is 9.62 Å². The first-order chi connectivity index (χ1) is 14.6. The van der Waals surface area contributed by atoms with Crippen molar-refractivity contribution >= 4 is 26.7 Å². The number of H-pyrrole nitrogens is 1. The highest BCUT2D eigenvalue weighted by molar-refractivity contribution is 7.89. The van der Waals surface area contributed by atoms with Gasteiger partial charge in [0, 0.05) is 36.9 Å². The number of halogens is 3. The Labute approximate surface area is 176 Å². The van der Waals surface area contributed by atoms with E-state index in [1.165, 1.54) is 6.20 Å². The quantitative estimate of drug-likeness (QED) is 0.622. The second-order valence-corrected chi connectivity index (χ2v) is 9.17. The number of nitrogens with one attached hydrogen (secondary N) is 2. The average molecular weight is 449 g/mol. The van der Waals surface area contributed by atoms with Crippen molar-refractivity contribution in [3.05, 3.63) is 53.9 Å². The lowest BCUT2D eigenvalue weighted by atomic mass is 9.86. The Hall–Kier alpha value is -3.10. The molecule has 0 saturated heterocycles. The van der Waals surface area contributed by atoms with Crippen molar-refractivity contribution in [1.82, 2.24) is 14.7 Å². The summed E-state index contributed by atoms with van der Waals surface area (Å²) in [5, 5.41) is 10.2. The SMILES string of the molecule is CN(c1c(C#N)cnc2[nH]ccc12)C1CC(NS(=O)(=O)c2cccc(C(F)(F)F)c2)C1. The fraction of sp³-hybridized carbons (Fsp3) is 0.300. The number of aromatic nitrogens is 2. The number of aromatic amines is 1. The Kier molecular flexibility index (Phi) is 5.15. The molecule has 162 valence electrons. The first-order valence-corrected chi connectivity index (χ1v) is 10.9. The zero-order valence-corrected chi connectivity index (χ0v) is 17.1. The largest absolute Gasteiger partial charge is 0.416 e. The second kappa shape index (κ2) is 7.55. The number of anilines is 1. The van der Waals surface area contributed by atoms with E-state index in [9.17, 15) is 26.9 Å². The molecule has 1 aromatic carbocycles. The molecule has 0 aliphatic heterocycles. The van der Waals surface area contributed by atoms with Crippen molar-refractivity contribution in [2.75, 3.05) is 11.9 Å². The molecule has 11 heteroatoms. The van der Waals surface area contributed by atoms with Crippen LogP contribution in [0.4, 0.5) is 18.9 Å². The van der Waals surface area contributed by atoms with E-state index in [1.54, 1.807) is 6.20 Å². The fourth-order valence-corrected chi connectivity index (χ4v) is 5.07. The van der Waals surface area contributed by atoms with Gasteiger partial charge in [0.1, 0.15) is 11.7 Å². The standard InChI is InChI=1S/C20H18F3N5O2S/c1-28(18-12(10-24)11-26-19-17(18)5-6-25-19)15-8-14(9-15)27-31(29,30)16-4-2-3-13(7-16)20(21,22)23/h2-7,11,14-15,27H,8-9H2,1H3,(H,25,26). The molecule has 2 heterocycles. The number of hydrogen-bond acceptors (Lipinski definition) is 5. The molecule has 0 bridgehead atoms. The van der Waals surface area contributed by atoms with Crippen molar-refractivity contribution in [2.24, 2.45) is 0 Å². The van der Waals surface area contributed by atoms with Crippen molar-refractivity contribution < 1.29 is 21.6 Å². The van der Waals surface area contributed by atoms with Gasteiger partial charge >= 0.3 is 6.18 Å². The predicted octanol–water partition coefficient (Wildman–Crippen LogP) is 3.40. The average Bonchev–Trinajstić information content (AvgIpc) is 3.17. The zero-order valence-electron chi connectivity index (χ0n) is 16.3. The highest BCUT2D eigenvalue weighted by atomic mass is 32.2. The molecule has 7 nitrogen and oxygen atoms in total. The minimum atomic E-state index is -4.62. The summed E-state index contributed by atoms with van der Waals surface area (Å²) in [5.74, 6) is 0. The Balaban J connectivity index is 1.48. The third-order valence-electron chi connectivity index (χ3n) is 5.49. The van der Waals surface area contributed by atoms with Crippen molar-refractivity contribution in [3.8, 4) is 6.07 Å². The fourth-order valence-electron chi connectivity index (χ4n) is 3.77. The Morgan fingerprint density at radius 3 is 2.71 bits per heavy atom. The van der Waals surface area contributed by atoms with Gasteiger partial charge in [-0.15, -0.1) is 0 Å². The molecule has 1 saturated carbocycles. The smallest absolute Gasteiger partial charge is 0.370 e. The number of hydrogen-bond donors (Lipinski definition) is 2. The van der Waals surface area contributed by atoms with Gasteiger partial charge in [-0.2, -0.15) is 18.4 Å². The summed E-state index contributed by atoms with van der Waals surface area (Å²) in [6.07, 6.45) is -0.510. The van der Waals surface area contributed by atoms with Crippen LogP contribution in [0.3, 0.4) is 0 Å². The molecule has 2 aromatic heterocycles. The number of nitriles is 1. The molecule has 1 aliphatic rings. The third-order valence-corrected chi connectivity index (χ3v) is 7.00. The minimum Gasteiger partial charge on any atom is -0.370 e. The highest BCUT2D eigenvalue weighted by Crippen LogP contribution is 2.36. The van der Waals surface area contributed by atoms with Gasteiger partial charge in [-0.1, -0.05) is 6.07 Å². The van der Waals surface area contributed by atoms with Crippen LogP contribution >= 0.6 is 0 Å². The Bertz CT molecular complexity index is 1270. The van der Waals surface area contributed by atoms with Gasteiger partial charge in [0.25, 0.3) is 0 Å². The minimum absolute atomic E-state index is 0.0400. The van der Waals surface area contributed by atoms with E-state index < -0.39 is 32.7 Å². The lowest BCUT2D eigenvalue weighted by molar-refractivity contribution is -0.137. The van der Waals surface area contributed by atoms with Crippen LogP contribution in [0.25, 0.3) is 11.0 Å². The molecule has 0 amide bonds. The summed E-state index contributed by atoms with van der Waals surface area (Å²) in [4.78, 5) is 8.70.